The van der Waals surface area contributed by atoms with Crippen molar-refractivity contribution in [3.63, 3.8) is 0 Å². The van der Waals surface area contributed by atoms with Crippen molar-refractivity contribution in [2.45, 2.75) is 50.5 Å². The molecule has 144 valence electrons. The molecule has 0 saturated carbocycles. The first-order valence-electron chi connectivity index (χ1n) is 9.45. The van der Waals surface area contributed by atoms with Crippen LogP contribution in [0.1, 0.15) is 50.3 Å². The standard InChI is InChI=1S/C22H26ClNO2S/c1-3-22(4-2)13-19(18-10-5-6-11-20(18)26-22)24-21(25)15-27-14-16-8-7-9-17(23)12-16/h5-12,19H,3-4,13-15H2,1-2H3,(H,24,25)/t19-/m1/s1. The van der Waals surface area contributed by atoms with Crippen LogP contribution < -0.4 is 10.1 Å². The zero-order valence-corrected chi connectivity index (χ0v) is 17.4. The number of rotatable bonds is 7. The van der Waals surface area contributed by atoms with Gasteiger partial charge in [0.1, 0.15) is 11.4 Å². The van der Waals surface area contributed by atoms with Crippen LogP contribution >= 0.6 is 23.4 Å². The number of halogens is 1. The number of amides is 1. The molecule has 0 radical (unpaired) electrons. The maximum Gasteiger partial charge on any atom is 0.230 e. The Hall–Kier alpha value is -1.65. The van der Waals surface area contributed by atoms with Crippen molar-refractivity contribution in [1.82, 2.24) is 5.32 Å². The SMILES string of the molecule is CCC1(CC)C[C@@H](NC(=O)CSCc2cccc(Cl)c2)c2ccccc2O1. The molecule has 1 N–H and O–H groups in total. The molecule has 5 heteroatoms. The fraction of sp³-hybridized carbons (Fsp3) is 0.409. The topological polar surface area (TPSA) is 38.3 Å². The number of hydrogen-bond donors (Lipinski definition) is 1. The van der Waals surface area contributed by atoms with Gasteiger partial charge in [-0.3, -0.25) is 4.79 Å². The Labute approximate surface area is 170 Å². The number of benzene rings is 2. The van der Waals surface area contributed by atoms with Gasteiger partial charge < -0.3 is 10.1 Å². The number of hydrogen-bond acceptors (Lipinski definition) is 3. The summed E-state index contributed by atoms with van der Waals surface area (Å²) in [5, 5.41) is 3.96. The third kappa shape index (κ3) is 4.99. The molecule has 0 unspecified atom stereocenters. The van der Waals surface area contributed by atoms with Crippen LogP contribution in [0.5, 0.6) is 5.75 Å². The van der Waals surface area contributed by atoms with E-state index < -0.39 is 0 Å². The van der Waals surface area contributed by atoms with Gasteiger partial charge in [-0.1, -0.05) is 55.8 Å². The molecule has 2 aromatic rings. The first-order valence-corrected chi connectivity index (χ1v) is 11.0. The van der Waals surface area contributed by atoms with Crippen LogP contribution in [0.4, 0.5) is 0 Å². The van der Waals surface area contributed by atoms with Gasteiger partial charge in [0, 0.05) is 22.8 Å². The molecule has 0 bridgehead atoms. The summed E-state index contributed by atoms with van der Waals surface area (Å²) in [7, 11) is 0. The maximum absolute atomic E-state index is 12.6. The molecule has 0 spiro atoms. The molecule has 1 aliphatic rings. The first-order chi connectivity index (χ1) is 13.0. The van der Waals surface area contributed by atoms with Crippen LogP contribution in [0, 0.1) is 0 Å². The maximum atomic E-state index is 12.6. The predicted molar refractivity (Wildman–Crippen MR) is 113 cm³/mol. The van der Waals surface area contributed by atoms with Gasteiger partial charge in [-0.05, 0) is 36.6 Å². The van der Waals surface area contributed by atoms with E-state index in [4.69, 9.17) is 16.3 Å². The molecule has 0 aliphatic carbocycles. The van der Waals surface area contributed by atoms with E-state index in [1.54, 1.807) is 11.8 Å². The summed E-state index contributed by atoms with van der Waals surface area (Å²) in [5.74, 6) is 2.15. The minimum atomic E-state index is -0.208. The Kier molecular flexibility index (Phi) is 6.72. The summed E-state index contributed by atoms with van der Waals surface area (Å²) in [6.45, 7) is 4.30. The Balaban J connectivity index is 1.62. The second kappa shape index (κ2) is 9.03. The van der Waals surface area contributed by atoms with Gasteiger partial charge in [-0.2, -0.15) is 0 Å². The van der Waals surface area contributed by atoms with Crippen LogP contribution in [0.15, 0.2) is 48.5 Å². The molecular formula is C22H26ClNO2S. The lowest BCUT2D eigenvalue weighted by molar-refractivity contribution is -0.120. The Morgan fingerprint density at radius 2 is 2.00 bits per heavy atom. The van der Waals surface area contributed by atoms with E-state index in [0.717, 1.165) is 46.9 Å². The fourth-order valence-corrected chi connectivity index (χ4v) is 4.55. The number of carbonyl (C=O) groups is 1. The van der Waals surface area contributed by atoms with Crippen LogP contribution in [-0.2, 0) is 10.5 Å². The summed E-state index contributed by atoms with van der Waals surface area (Å²) in [6.07, 6.45) is 2.66. The summed E-state index contributed by atoms with van der Waals surface area (Å²) < 4.78 is 6.31. The lowest BCUT2D eigenvalue weighted by atomic mass is 9.83. The summed E-state index contributed by atoms with van der Waals surface area (Å²) in [4.78, 5) is 12.6. The number of ether oxygens (including phenoxy) is 1. The molecule has 1 heterocycles. The monoisotopic (exact) mass is 403 g/mol. The number of thioether (sulfide) groups is 1. The van der Waals surface area contributed by atoms with Gasteiger partial charge in [-0.15, -0.1) is 11.8 Å². The molecule has 1 aliphatic heterocycles. The summed E-state index contributed by atoms with van der Waals surface area (Å²) >= 11 is 7.62. The Bertz CT molecular complexity index is 791. The highest BCUT2D eigenvalue weighted by atomic mass is 35.5. The smallest absolute Gasteiger partial charge is 0.230 e. The van der Waals surface area contributed by atoms with Crippen molar-refractivity contribution in [3.8, 4) is 5.75 Å². The molecule has 1 amide bonds. The minimum Gasteiger partial charge on any atom is -0.487 e. The minimum absolute atomic E-state index is 0.00544. The molecular weight excluding hydrogens is 378 g/mol. The van der Waals surface area contributed by atoms with Crippen LogP contribution in [0.25, 0.3) is 0 Å². The normalized spacial score (nSPS) is 17.7. The number of nitrogens with one attached hydrogen (secondary N) is 1. The highest BCUT2D eigenvalue weighted by Crippen LogP contribution is 2.42. The van der Waals surface area contributed by atoms with Crippen molar-refractivity contribution < 1.29 is 9.53 Å². The lowest BCUT2D eigenvalue weighted by Crippen LogP contribution is -2.44. The quantitative estimate of drug-likeness (QED) is 0.637. The molecule has 0 fully saturated rings. The van der Waals surface area contributed by atoms with Gasteiger partial charge in [0.05, 0.1) is 11.8 Å². The van der Waals surface area contributed by atoms with Gasteiger partial charge in [-0.25, -0.2) is 0 Å². The van der Waals surface area contributed by atoms with E-state index in [2.05, 4.69) is 25.2 Å². The van der Waals surface area contributed by atoms with E-state index in [0.29, 0.717) is 5.75 Å². The Morgan fingerprint density at radius 1 is 1.22 bits per heavy atom. The van der Waals surface area contributed by atoms with Crippen molar-refractivity contribution >= 4 is 29.3 Å². The first kappa shape index (κ1) is 20.1. The molecule has 27 heavy (non-hydrogen) atoms. The van der Waals surface area contributed by atoms with Gasteiger partial charge in [0.2, 0.25) is 5.91 Å². The third-order valence-corrected chi connectivity index (χ3v) is 6.45. The van der Waals surface area contributed by atoms with Crippen LogP contribution in [0.2, 0.25) is 5.02 Å². The van der Waals surface area contributed by atoms with Gasteiger partial charge in [0.25, 0.3) is 0 Å². The second-order valence-electron chi connectivity index (χ2n) is 6.98. The lowest BCUT2D eigenvalue weighted by Gasteiger charge is -2.41. The van der Waals surface area contributed by atoms with Crippen molar-refractivity contribution in [2.75, 3.05) is 5.75 Å². The highest BCUT2D eigenvalue weighted by molar-refractivity contribution is 7.99. The Morgan fingerprint density at radius 3 is 2.74 bits per heavy atom. The van der Waals surface area contributed by atoms with Gasteiger partial charge in [0.15, 0.2) is 0 Å². The number of para-hydroxylation sites is 1. The van der Waals surface area contributed by atoms with Crippen molar-refractivity contribution in [2.24, 2.45) is 0 Å². The molecule has 3 rings (SSSR count). The number of fused-ring (bicyclic) bond motifs is 1. The average Bonchev–Trinajstić information content (AvgIpc) is 2.68. The molecule has 0 saturated heterocycles. The molecule has 3 nitrogen and oxygen atoms in total. The fourth-order valence-electron chi connectivity index (χ4n) is 3.55. The van der Waals surface area contributed by atoms with E-state index in [-0.39, 0.29) is 17.6 Å². The van der Waals surface area contributed by atoms with E-state index in [9.17, 15) is 4.79 Å². The van der Waals surface area contributed by atoms with Crippen LogP contribution in [0.3, 0.4) is 0 Å². The molecule has 0 aromatic heterocycles. The zero-order chi connectivity index (χ0) is 19.3. The second-order valence-corrected chi connectivity index (χ2v) is 8.40. The van der Waals surface area contributed by atoms with Crippen molar-refractivity contribution in [1.29, 1.82) is 0 Å². The average molecular weight is 404 g/mol. The van der Waals surface area contributed by atoms with E-state index in [1.807, 2.05) is 42.5 Å². The predicted octanol–water partition coefficient (Wildman–Crippen LogP) is 5.77. The van der Waals surface area contributed by atoms with Crippen LogP contribution in [-0.4, -0.2) is 17.3 Å². The highest BCUT2D eigenvalue weighted by Gasteiger charge is 2.38. The third-order valence-electron chi connectivity index (χ3n) is 5.21. The largest absolute Gasteiger partial charge is 0.487 e. The number of carbonyl (C=O) groups excluding carboxylic acids is 1. The zero-order valence-electron chi connectivity index (χ0n) is 15.8. The molecule has 1 atom stereocenters. The van der Waals surface area contributed by atoms with Crippen molar-refractivity contribution in [3.05, 3.63) is 64.7 Å². The van der Waals surface area contributed by atoms with E-state index in [1.165, 1.54) is 0 Å². The summed E-state index contributed by atoms with van der Waals surface area (Å²) in [5.41, 5.74) is 2.00. The van der Waals surface area contributed by atoms with E-state index >= 15 is 0 Å². The molecule has 2 aromatic carbocycles. The van der Waals surface area contributed by atoms with Gasteiger partial charge >= 0.3 is 0 Å². The summed E-state index contributed by atoms with van der Waals surface area (Å²) in [6, 6.07) is 15.8.